The van der Waals surface area contributed by atoms with Crippen LogP contribution < -0.4 is 16.7 Å². The molecule has 138 valence electrons. The highest BCUT2D eigenvalue weighted by Gasteiger charge is 2.13. The third-order valence-corrected chi connectivity index (χ3v) is 3.60. The van der Waals surface area contributed by atoms with Crippen molar-refractivity contribution in [3.8, 4) is 5.88 Å². The van der Waals surface area contributed by atoms with Crippen LogP contribution in [0.2, 0.25) is 0 Å². The standard InChI is InChI=1S/C17H19FN4O4/c1-2-3-4-14(23)21-19-9-13-15(24)20-17(26)22(16(13)25)10-11-5-7-12(18)8-6-11/h5-9,25H,2-4,10H2,1H3,(H,21,23)(H,20,24,26). The summed E-state index contributed by atoms with van der Waals surface area (Å²) in [5.74, 6) is -1.35. The molecule has 0 radical (unpaired) electrons. The van der Waals surface area contributed by atoms with E-state index in [2.05, 4.69) is 15.5 Å². The molecule has 2 aromatic rings. The van der Waals surface area contributed by atoms with Gasteiger partial charge in [0, 0.05) is 6.42 Å². The SMILES string of the molecule is CCCCC(=O)NN=Cc1c(O)n(Cc2ccc(F)cc2)c(=O)[nH]c1=O. The van der Waals surface area contributed by atoms with Crippen molar-refractivity contribution in [2.45, 2.75) is 32.7 Å². The van der Waals surface area contributed by atoms with Gasteiger partial charge in [-0.15, -0.1) is 0 Å². The molecule has 26 heavy (non-hydrogen) atoms. The van der Waals surface area contributed by atoms with Crippen molar-refractivity contribution in [1.82, 2.24) is 15.0 Å². The van der Waals surface area contributed by atoms with Gasteiger partial charge in [0.2, 0.25) is 11.8 Å². The number of benzene rings is 1. The number of aromatic nitrogens is 2. The number of nitrogens with zero attached hydrogens (tertiary/aromatic N) is 2. The Morgan fingerprint density at radius 2 is 2.04 bits per heavy atom. The normalized spacial score (nSPS) is 11.0. The van der Waals surface area contributed by atoms with E-state index in [-0.39, 0.29) is 18.0 Å². The molecule has 1 heterocycles. The van der Waals surface area contributed by atoms with Gasteiger partial charge in [-0.05, 0) is 24.1 Å². The fourth-order valence-corrected chi connectivity index (χ4v) is 2.17. The molecule has 0 aliphatic heterocycles. The lowest BCUT2D eigenvalue weighted by molar-refractivity contribution is -0.121. The summed E-state index contributed by atoms with van der Waals surface area (Å²) < 4.78 is 13.9. The van der Waals surface area contributed by atoms with E-state index < -0.39 is 22.9 Å². The fourth-order valence-electron chi connectivity index (χ4n) is 2.17. The molecule has 0 atom stereocenters. The number of hydrazone groups is 1. The van der Waals surface area contributed by atoms with Crippen molar-refractivity contribution in [3.05, 3.63) is 62.0 Å². The van der Waals surface area contributed by atoms with Crippen LogP contribution in [-0.2, 0) is 11.3 Å². The van der Waals surface area contributed by atoms with E-state index in [1.54, 1.807) is 0 Å². The highest BCUT2D eigenvalue weighted by molar-refractivity contribution is 5.84. The number of hydrogen-bond acceptors (Lipinski definition) is 5. The summed E-state index contributed by atoms with van der Waals surface area (Å²) in [6, 6.07) is 5.34. The van der Waals surface area contributed by atoms with E-state index in [9.17, 15) is 23.9 Å². The van der Waals surface area contributed by atoms with Crippen molar-refractivity contribution in [3.63, 3.8) is 0 Å². The Morgan fingerprint density at radius 3 is 2.69 bits per heavy atom. The predicted octanol–water partition coefficient (Wildman–Crippen LogP) is 1.07. The van der Waals surface area contributed by atoms with Crippen LogP contribution in [0.5, 0.6) is 5.88 Å². The number of amides is 1. The zero-order valence-corrected chi connectivity index (χ0v) is 14.2. The monoisotopic (exact) mass is 362 g/mol. The first-order valence-electron chi connectivity index (χ1n) is 8.04. The highest BCUT2D eigenvalue weighted by atomic mass is 19.1. The molecule has 1 aromatic heterocycles. The molecule has 0 spiro atoms. The van der Waals surface area contributed by atoms with E-state index in [0.717, 1.165) is 17.2 Å². The lowest BCUT2D eigenvalue weighted by Crippen LogP contribution is -2.32. The molecule has 0 bridgehead atoms. The molecule has 9 heteroatoms. The number of hydrogen-bond donors (Lipinski definition) is 3. The Hall–Kier alpha value is -3.23. The van der Waals surface area contributed by atoms with Crippen LogP contribution in [0.1, 0.15) is 37.3 Å². The third-order valence-electron chi connectivity index (χ3n) is 3.60. The number of aromatic hydroxyl groups is 1. The van der Waals surface area contributed by atoms with Gasteiger partial charge in [-0.25, -0.2) is 14.6 Å². The number of halogens is 1. The summed E-state index contributed by atoms with van der Waals surface area (Å²) in [6.45, 7) is 1.86. The Morgan fingerprint density at radius 1 is 1.35 bits per heavy atom. The van der Waals surface area contributed by atoms with Gasteiger partial charge in [0.15, 0.2) is 0 Å². The Balaban J connectivity index is 2.25. The van der Waals surface area contributed by atoms with Crippen molar-refractivity contribution >= 4 is 12.1 Å². The fraction of sp³-hybridized carbons (Fsp3) is 0.294. The second kappa shape index (κ2) is 8.75. The number of carbonyl (C=O) groups is 1. The van der Waals surface area contributed by atoms with Crippen LogP contribution in [0.4, 0.5) is 4.39 Å². The van der Waals surface area contributed by atoms with Crippen LogP contribution in [-0.4, -0.2) is 26.8 Å². The maximum absolute atomic E-state index is 13.0. The maximum Gasteiger partial charge on any atom is 0.331 e. The zero-order valence-electron chi connectivity index (χ0n) is 14.2. The van der Waals surface area contributed by atoms with Crippen molar-refractivity contribution in [1.29, 1.82) is 0 Å². The van der Waals surface area contributed by atoms with Crippen LogP contribution in [0, 0.1) is 5.82 Å². The zero-order chi connectivity index (χ0) is 19.1. The van der Waals surface area contributed by atoms with Crippen LogP contribution in [0.3, 0.4) is 0 Å². The molecule has 8 nitrogen and oxygen atoms in total. The Kier molecular flexibility index (Phi) is 6.42. The molecular weight excluding hydrogens is 343 g/mol. The number of rotatable bonds is 7. The van der Waals surface area contributed by atoms with E-state index >= 15 is 0 Å². The first-order valence-corrected chi connectivity index (χ1v) is 8.04. The number of aromatic amines is 1. The summed E-state index contributed by atoms with van der Waals surface area (Å²) in [5, 5.41) is 13.9. The van der Waals surface area contributed by atoms with Gasteiger partial charge in [0.25, 0.3) is 5.56 Å². The predicted molar refractivity (Wildman–Crippen MR) is 93.8 cm³/mol. The van der Waals surface area contributed by atoms with Crippen molar-refractivity contribution < 1.29 is 14.3 Å². The molecule has 0 fully saturated rings. The Bertz CT molecular complexity index is 916. The minimum Gasteiger partial charge on any atom is -0.494 e. The molecule has 1 amide bonds. The second-order valence-electron chi connectivity index (χ2n) is 5.61. The topological polar surface area (TPSA) is 117 Å². The largest absolute Gasteiger partial charge is 0.494 e. The maximum atomic E-state index is 13.0. The number of carbonyl (C=O) groups excluding carboxylic acids is 1. The molecule has 0 saturated heterocycles. The summed E-state index contributed by atoms with van der Waals surface area (Å²) in [4.78, 5) is 37.4. The van der Waals surface area contributed by atoms with Gasteiger partial charge >= 0.3 is 5.69 Å². The first-order chi connectivity index (χ1) is 12.4. The first kappa shape index (κ1) is 19.1. The average Bonchev–Trinajstić information content (AvgIpc) is 2.61. The molecule has 3 N–H and O–H groups in total. The van der Waals surface area contributed by atoms with Gasteiger partial charge in [0.05, 0.1) is 12.8 Å². The van der Waals surface area contributed by atoms with Crippen LogP contribution in [0.25, 0.3) is 0 Å². The van der Waals surface area contributed by atoms with Gasteiger partial charge in [-0.2, -0.15) is 5.10 Å². The molecule has 0 aliphatic rings. The van der Waals surface area contributed by atoms with Gasteiger partial charge in [0.1, 0.15) is 11.4 Å². The van der Waals surface area contributed by atoms with Crippen molar-refractivity contribution in [2.24, 2.45) is 5.10 Å². The second-order valence-corrected chi connectivity index (χ2v) is 5.61. The lowest BCUT2D eigenvalue weighted by Gasteiger charge is -2.09. The summed E-state index contributed by atoms with van der Waals surface area (Å²) in [5.41, 5.74) is 0.863. The summed E-state index contributed by atoms with van der Waals surface area (Å²) in [6.07, 6.45) is 2.82. The van der Waals surface area contributed by atoms with Crippen LogP contribution in [0.15, 0.2) is 39.0 Å². The highest BCUT2D eigenvalue weighted by Crippen LogP contribution is 2.11. The molecule has 0 aliphatic carbocycles. The summed E-state index contributed by atoms with van der Waals surface area (Å²) >= 11 is 0. The molecule has 2 rings (SSSR count). The minimum atomic E-state index is -0.839. The van der Waals surface area contributed by atoms with E-state index in [4.69, 9.17) is 0 Å². The van der Waals surface area contributed by atoms with Gasteiger partial charge in [-0.3, -0.25) is 19.1 Å². The van der Waals surface area contributed by atoms with Crippen molar-refractivity contribution in [2.75, 3.05) is 0 Å². The number of unbranched alkanes of at least 4 members (excludes halogenated alkanes) is 1. The smallest absolute Gasteiger partial charge is 0.331 e. The van der Waals surface area contributed by atoms with E-state index in [1.807, 2.05) is 6.92 Å². The van der Waals surface area contributed by atoms with Gasteiger partial charge in [-0.1, -0.05) is 25.5 Å². The third kappa shape index (κ3) is 4.88. The summed E-state index contributed by atoms with van der Waals surface area (Å²) in [7, 11) is 0. The average molecular weight is 362 g/mol. The minimum absolute atomic E-state index is 0.0780. The Labute approximate surface area is 148 Å². The quantitative estimate of drug-likeness (QED) is 0.504. The van der Waals surface area contributed by atoms with Gasteiger partial charge < -0.3 is 5.11 Å². The van der Waals surface area contributed by atoms with E-state index in [1.165, 1.54) is 24.3 Å². The molecule has 1 aromatic carbocycles. The van der Waals surface area contributed by atoms with Crippen LogP contribution >= 0.6 is 0 Å². The lowest BCUT2D eigenvalue weighted by atomic mass is 10.2. The number of H-pyrrole nitrogens is 1. The molecule has 0 unspecified atom stereocenters. The van der Waals surface area contributed by atoms with E-state index in [0.29, 0.717) is 18.4 Å². The molecular formula is C17H19FN4O4. The molecule has 0 saturated carbocycles. The number of nitrogens with one attached hydrogen (secondary N) is 2.